The van der Waals surface area contributed by atoms with Gasteiger partial charge in [-0.3, -0.25) is 9.52 Å². The number of rotatable bonds is 5. The number of anilines is 2. The van der Waals surface area contributed by atoms with Gasteiger partial charge < -0.3 is 9.64 Å². The number of carbonyl (C=O) groups is 1. The van der Waals surface area contributed by atoms with Crippen LogP contribution in [-0.4, -0.2) is 34.6 Å². The predicted octanol–water partition coefficient (Wildman–Crippen LogP) is 3.07. The summed E-state index contributed by atoms with van der Waals surface area (Å²) < 4.78 is 32.6. The number of amides is 1. The number of halogens is 1. The first-order valence-electron chi connectivity index (χ1n) is 8.11. The molecule has 26 heavy (non-hydrogen) atoms. The van der Waals surface area contributed by atoms with Crippen LogP contribution in [-0.2, 0) is 26.0 Å². The van der Waals surface area contributed by atoms with Gasteiger partial charge in [-0.15, -0.1) is 0 Å². The summed E-state index contributed by atoms with van der Waals surface area (Å²) >= 11 is 5.88. The third-order valence-electron chi connectivity index (χ3n) is 4.13. The number of nitrogens with zero attached hydrogens (tertiary/aromatic N) is 1. The molecule has 0 atom stereocenters. The predicted molar refractivity (Wildman–Crippen MR) is 101 cm³/mol. The van der Waals surface area contributed by atoms with E-state index in [1.807, 2.05) is 0 Å². The van der Waals surface area contributed by atoms with Crippen molar-refractivity contribution in [1.82, 2.24) is 0 Å². The number of sulfonamides is 1. The second-order valence-electron chi connectivity index (χ2n) is 5.99. The Labute approximate surface area is 157 Å². The fraction of sp³-hybridized carbons (Fsp3) is 0.278. The zero-order chi connectivity index (χ0) is 18.7. The molecule has 2 aromatic rings. The maximum Gasteiger partial charge on any atom is 0.261 e. The second kappa shape index (κ2) is 7.65. The molecule has 1 N–H and O–H groups in total. The van der Waals surface area contributed by atoms with E-state index in [2.05, 4.69) is 4.72 Å². The first kappa shape index (κ1) is 18.7. The van der Waals surface area contributed by atoms with Gasteiger partial charge in [-0.2, -0.15) is 0 Å². The van der Waals surface area contributed by atoms with Gasteiger partial charge in [0.25, 0.3) is 15.9 Å². The van der Waals surface area contributed by atoms with Crippen molar-refractivity contribution in [3.05, 3.63) is 53.1 Å². The van der Waals surface area contributed by atoms with E-state index >= 15 is 0 Å². The molecule has 138 valence electrons. The molecule has 0 aliphatic carbocycles. The van der Waals surface area contributed by atoms with E-state index in [0.29, 0.717) is 17.3 Å². The van der Waals surface area contributed by atoms with E-state index in [1.54, 1.807) is 35.2 Å². The van der Waals surface area contributed by atoms with Crippen LogP contribution in [0.2, 0.25) is 5.02 Å². The minimum absolute atomic E-state index is 0.0165. The molecule has 0 saturated heterocycles. The molecular weight excluding hydrogens is 376 g/mol. The van der Waals surface area contributed by atoms with Crippen LogP contribution in [0.3, 0.4) is 0 Å². The highest BCUT2D eigenvalue weighted by atomic mass is 35.5. The van der Waals surface area contributed by atoms with E-state index in [-0.39, 0.29) is 17.4 Å². The van der Waals surface area contributed by atoms with E-state index in [9.17, 15) is 13.2 Å². The lowest BCUT2D eigenvalue weighted by molar-refractivity contribution is -0.122. The van der Waals surface area contributed by atoms with Crippen LogP contribution >= 0.6 is 11.6 Å². The van der Waals surface area contributed by atoms with Crippen LogP contribution < -0.4 is 9.62 Å². The highest BCUT2D eigenvalue weighted by molar-refractivity contribution is 7.92. The Morgan fingerprint density at radius 1 is 1.27 bits per heavy atom. The maximum absolute atomic E-state index is 12.5. The average molecular weight is 395 g/mol. The normalized spacial score (nSPS) is 14.0. The van der Waals surface area contributed by atoms with Crippen LogP contribution in [0.4, 0.5) is 11.4 Å². The van der Waals surface area contributed by atoms with Crippen molar-refractivity contribution in [2.75, 3.05) is 29.9 Å². The molecule has 0 spiro atoms. The number of aryl methyl sites for hydroxylation is 1. The fourth-order valence-corrected chi connectivity index (χ4v) is 4.32. The van der Waals surface area contributed by atoms with Gasteiger partial charge in [0.15, 0.2) is 0 Å². The molecule has 1 aliphatic rings. The largest absolute Gasteiger partial charge is 0.375 e. The van der Waals surface area contributed by atoms with Gasteiger partial charge in [-0.1, -0.05) is 17.7 Å². The van der Waals surface area contributed by atoms with Gasteiger partial charge in [0.1, 0.15) is 6.61 Å². The monoisotopic (exact) mass is 394 g/mol. The zero-order valence-electron chi connectivity index (χ0n) is 14.2. The molecule has 0 radical (unpaired) electrons. The highest BCUT2D eigenvalue weighted by Crippen LogP contribution is 2.30. The highest BCUT2D eigenvalue weighted by Gasteiger charge is 2.23. The number of ether oxygens (including phenoxy) is 1. The molecule has 0 aromatic heterocycles. The molecule has 6 nitrogen and oxygen atoms in total. The Balaban J connectivity index is 1.86. The van der Waals surface area contributed by atoms with Crippen LogP contribution in [0, 0.1) is 0 Å². The first-order valence-corrected chi connectivity index (χ1v) is 9.97. The SMILES string of the molecule is COCC(=O)N1CCCc2cc(NS(=O)(=O)c3cccc(Cl)c3)ccc21. The van der Waals surface area contributed by atoms with Crippen molar-refractivity contribution in [2.45, 2.75) is 17.7 Å². The molecule has 0 fully saturated rings. The molecule has 2 aromatic carbocycles. The molecule has 3 rings (SSSR count). The van der Waals surface area contributed by atoms with Gasteiger partial charge in [0, 0.05) is 30.1 Å². The maximum atomic E-state index is 12.5. The standard InChI is InChI=1S/C18H19ClN2O4S/c1-25-12-18(22)21-9-3-4-13-10-15(7-8-17(13)21)20-26(23,24)16-6-2-5-14(19)11-16/h2,5-8,10-11,20H,3-4,9,12H2,1H3. The van der Waals surface area contributed by atoms with Crippen molar-refractivity contribution >= 4 is 38.9 Å². The average Bonchev–Trinajstić information content (AvgIpc) is 2.61. The first-order chi connectivity index (χ1) is 12.4. The van der Waals surface area contributed by atoms with Gasteiger partial charge in [0.2, 0.25) is 0 Å². The van der Waals surface area contributed by atoms with E-state index in [1.165, 1.54) is 19.2 Å². The minimum Gasteiger partial charge on any atom is -0.375 e. The van der Waals surface area contributed by atoms with Crippen LogP contribution in [0.5, 0.6) is 0 Å². The van der Waals surface area contributed by atoms with Gasteiger partial charge in [-0.05, 0) is 54.8 Å². The van der Waals surface area contributed by atoms with Crippen LogP contribution in [0.25, 0.3) is 0 Å². The summed E-state index contributed by atoms with van der Waals surface area (Å²) in [5, 5.41) is 0.352. The summed E-state index contributed by atoms with van der Waals surface area (Å²) in [6, 6.07) is 11.3. The Morgan fingerprint density at radius 3 is 2.81 bits per heavy atom. The molecule has 8 heteroatoms. The lowest BCUT2D eigenvalue weighted by Gasteiger charge is -2.29. The Hall–Kier alpha value is -2.09. The lowest BCUT2D eigenvalue weighted by atomic mass is 10.0. The summed E-state index contributed by atoms with van der Waals surface area (Å²) in [5.74, 6) is -0.110. The molecule has 1 heterocycles. The van der Waals surface area contributed by atoms with Crippen molar-refractivity contribution in [2.24, 2.45) is 0 Å². The van der Waals surface area contributed by atoms with E-state index < -0.39 is 10.0 Å². The van der Waals surface area contributed by atoms with Crippen LogP contribution in [0.1, 0.15) is 12.0 Å². The molecule has 0 unspecified atom stereocenters. The van der Waals surface area contributed by atoms with Crippen molar-refractivity contribution < 1.29 is 17.9 Å². The number of hydrogen-bond donors (Lipinski definition) is 1. The number of benzene rings is 2. The van der Waals surface area contributed by atoms with Crippen molar-refractivity contribution in [3.8, 4) is 0 Å². The molecule has 0 bridgehead atoms. The van der Waals surface area contributed by atoms with Crippen molar-refractivity contribution in [3.63, 3.8) is 0 Å². The van der Waals surface area contributed by atoms with E-state index in [0.717, 1.165) is 24.1 Å². The minimum atomic E-state index is -3.74. The van der Waals surface area contributed by atoms with Gasteiger partial charge in [0.05, 0.1) is 4.90 Å². The third kappa shape index (κ3) is 4.00. The number of hydrogen-bond acceptors (Lipinski definition) is 4. The molecule has 1 aliphatic heterocycles. The van der Waals surface area contributed by atoms with Crippen LogP contribution in [0.15, 0.2) is 47.4 Å². The summed E-state index contributed by atoms with van der Waals surface area (Å²) in [7, 11) is -2.25. The lowest BCUT2D eigenvalue weighted by Crippen LogP contribution is -2.37. The quantitative estimate of drug-likeness (QED) is 0.845. The van der Waals surface area contributed by atoms with Gasteiger partial charge >= 0.3 is 0 Å². The van der Waals surface area contributed by atoms with Crippen molar-refractivity contribution in [1.29, 1.82) is 0 Å². The Morgan fingerprint density at radius 2 is 2.08 bits per heavy atom. The zero-order valence-corrected chi connectivity index (χ0v) is 15.8. The summed E-state index contributed by atoms with van der Waals surface area (Å²) in [6.07, 6.45) is 1.59. The summed E-state index contributed by atoms with van der Waals surface area (Å²) in [5.41, 5.74) is 2.17. The molecule has 1 amide bonds. The topological polar surface area (TPSA) is 75.7 Å². The summed E-state index contributed by atoms with van der Waals surface area (Å²) in [6.45, 7) is 0.644. The smallest absolute Gasteiger partial charge is 0.261 e. The number of methoxy groups -OCH3 is 1. The number of carbonyl (C=O) groups excluding carboxylic acids is 1. The Bertz CT molecular complexity index is 931. The number of fused-ring (bicyclic) bond motifs is 1. The molecule has 0 saturated carbocycles. The fourth-order valence-electron chi connectivity index (χ4n) is 2.97. The third-order valence-corrected chi connectivity index (χ3v) is 5.74. The van der Waals surface area contributed by atoms with Gasteiger partial charge in [-0.25, -0.2) is 8.42 Å². The second-order valence-corrected chi connectivity index (χ2v) is 8.11. The van der Waals surface area contributed by atoms with E-state index in [4.69, 9.17) is 16.3 Å². The number of nitrogens with one attached hydrogen (secondary N) is 1. The Kier molecular flexibility index (Phi) is 5.50. The summed E-state index contributed by atoms with van der Waals surface area (Å²) in [4.78, 5) is 13.9. The molecular formula is C18H19ClN2O4S.